The molecule has 0 aromatic heterocycles. The quantitative estimate of drug-likeness (QED) is 0.624. The van der Waals surface area contributed by atoms with Crippen LogP contribution in [0.25, 0.3) is 0 Å². The van der Waals surface area contributed by atoms with E-state index < -0.39 is 0 Å². The van der Waals surface area contributed by atoms with Crippen LogP contribution in [0.2, 0.25) is 0 Å². The Hall–Kier alpha value is -3.40. The van der Waals surface area contributed by atoms with E-state index in [4.69, 9.17) is 4.99 Å². The molecule has 0 bridgehead atoms. The van der Waals surface area contributed by atoms with Gasteiger partial charge in [0, 0.05) is 23.6 Å². The number of phenolic OH excluding ortho intramolecular Hbond substituents is 2. The molecular weight excluding hydrogens is 336 g/mol. The predicted octanol–water partition coefficient (Wildman–Crippen LogP) is 4.77. The minimum absolute atomic E-state index is 0.158. The molecular formula is C23H22N2O2. The number of aromatic hydroxyl groups is 2. The van der Waals surface area contributed by atoms with Gasteiger partial charge in [-0.25, -0.2) is 0 Å². The Balaban J connectivity index is 1.88. The molecule has 0 heterocycles. The molecule has 2 N–H and O–H groups in total. The molecule has 0 spiro atoms. The SMILES string of the molecule is CC(N=Cc1ccccc1O)C(N=Cc1ccccc1O)c1ccccc1. The fraction of sp³-hybridized carbons (Fsp3) is 0.130. The van der Waals surface area contributed by atoms with Gasteiger partial charge in [-0.1, -0.05) is 54.6 Å². The van der Waals surface area contributed by atoms with Gasteiger partial charge in [0.1, 0.15) is 11.5 Å². The van der Waals surface area contributed by atoms with E-state index in [-0.39, 0.29) is 23.6 Å². The molecule has 2 atom stereocenters. The van der Waals surface area contributed by atoms with Crippen molar-refractivity contribution in [2.75, 3.05) is 0 Å². The van der Waals surface area contributed by atoms with Gasteiger partial charge in [-0.2, -0.15) is 0 Å². The summed E-state index contributed by atoms with van der Waals surface area (Å²) in [4.78, 5) is 9.30. The van der Waals surface area contributed by atoms with Crippen LogP contribution in [0.5, 0.6) is 11.5 Å². The van der Waals surface area contributed by atoms with E-state index in [0.717, 1.165) is 5.56 Å². The van der Waals surface area contributed by atoms with Crippen LogP contribution in [0, 0.1) is 0 Å². The van der Waals surface area contributed by atoms with Crippen LogP contribution in [0.3, 0.4) is 0 Å². The van der Waals surface area contributed by atoms with Crippen molar-refractivity contribution in [3.8, 4) is 11.5 Å². The number of nitrogens with zero attached hydrogens (tertiary/aromatic N) is 2. The number of para-hydroxylation sites is 2. The molecule has 0 aliphatic rings. The third-order valence-corrected chi connectivity index (χ3v) is 4.29. The highest BCUT2D eigenvalue weighted by Gasteiger charge is 2.17. The monoisotopic (exact) mass is 358 g/mol. The molecule has 4 heteroatoms. The molecule has 0 radical (unpaired) electrons. The van der Waals surface area contributed by atoms with Gasteiger partial charge in [-0.05, 0) is 36.8 Å². The zero-order valence-corrected chi connectivity index (χ0v) is 15.1. The van der Waals surface area contributed by atoms with Crippen molar-refractivity contribution < 1.29 is 10.2 Å². The molecule has 0 aliphatic heterocycles. The summed E-state index contributed by atoms with van der Waals surface area (Å²) < 4.78 is 0. The molecule has 0 saturated carbocycles. The Labute approximate surface area is 159 Å². The van der Waals surface area contributed by atoms with E-state index in [0.29, 0.717) is 11.1 Å². The number of rotatable bonds is 6. The van der Waals surface area contributed by atoms with E-state index >= 15 is 0 Å². The number of aliphatic imine (C=N–C) groups is 2. The Morgan fingerprint density at radius 2 is 1.15 bits per heavy atom. The molecule has 0 amide bonds. The lowest BCUT2D eigenvalue weighted by Gasteiger charge is -2.17. The Bertz CT molecular complexity index is 936. The minimum atomic E-state index is -0.215. The second-order valence-corrected chi connectivity index (χ2v) is 6.27. The average molecular weight is 358 g/mol. The van der Waals surface area contributed by atoms with Gasteiger partial charge in [0.15, 0.2) is 0 Å². The maximum absolute atomic E-state index is 9.97. The first kappa shape index (κ1) is 18.4. The van der Waals surface area contributed by atoms with Crippen LogP contribution in [-0.4, -0.2) is 28.7 Å². The first-order valence-corrected chi connectivity index (χ1v) is 8.82. The van der Waals surface area contributed by atoms with Crippen molar-refractivity contribution in [3.05, 3.63) is 95.6 Å². The van der Waals surface area contributed by atoms with Crippen molar-refractivity contribution in [2.45, 2.75) is 19.0 Å². The maximum atomic E-state index is 9.97. The molecule has 3 aromatic rings. The normalized spacial score (nSPS) is 13.8. The second kappa shape index (κ2) is 8.81. The lowest BCUT2D eigenvalue weighted by molar-refractivity contribution is 0.473. The van der Waals surface area contributed by atoms with E-state index in [2.05, 4.69) is 4.99 Å². The highest BCUT2D eigenvalue weighted by Crippen LogP contribution is 2.25. The first-order valence-electron chi connectivity index (χ1n) is 8.82. The van der Waals surface area contributed by atoms with Crippen molar-refractivity contribution >= 4 is 12.4 Å². The van der Waals surface area contributed by atoms with Crippen molar-refractivity contribution in [3.63, 3.8) is 0 Å². The third-order valence-electron chi connectivity index (χ3n) is 4.29. The first-order chi connectivity index (χ1) is 13.1. The van der Waals surface area contributed by atoms with Gasteiger partial charge in [0.25, 0.3) is 0 Å². The lowest BCUT2D eigenvalue weighted by Crippen LogP contribution is -2.12. The van der Waals surface area contributed by atoms with E-state index in [1.165, 1.54) is 0 Å². The van der Waals surface area contributed by atoms with Crippen LogP contribution >= 0.6 is 0 Å². The zero-order chi connectivity index (χ0) is 19.1. The number of benzene rings is 3. The van der Waals surface area contributed by atoms with Gasteiger partial charge in [0.2, 0.25) is 0 Å². The minimum Gasteiger partial charge on any atom is -0.507 e. The molecule has 2 unspecified atom stereocenters. The largest absolute Gasteiger partial charge is 0.507 e. The smallest absolute Gasteiger partial charge is 0.124 e. The van der Waals surface area contributed by atoms with Crippen molar-refractivity contribution in [1.29, 1.82) is 0 Å². The molecule has 4 nitrogen and oxygen atoms in total. The summed E-state index contributed by atoms with van der Waals surface area (Å²) in [6.07, 6.45) is 3.35. The van der Waals surface area contributed by atoms with E-state index in [9.17, 15) is 10.2 Å². The molecule has 0 aliphatic carbocycles. The van der Waals surface area contributed by atoms with Crippen molar-refractivity contribution in [2.24, 2.45) is 9.98 Å². The van der Waals surface area contributed by atoms with Crippen LogP contribution < -0.4 is 0 Å². The number of phenols is 2. The summed E-state index contributed by atoms with van der Waals surface area (Å²) in [6, 6.07) is 23.7. The molecule has 27 heavy (non-hydrogen) atoms. The lowest BCUT2D eigenvalue weighted by atomic mass is 10.0. The average Bonchev–Trinajstić information content (AvgIpc) is 2.69. The fourth-order valence-electron chi connectivity index (χ4n) is 2.77. The Morgan fingerprint density at radius 1 is 0.667 bits per heavy atom. The number of hydrogen-bond acceptors (Lipinski definition) is 4. The highest BCUT2D eigenvalue weighted by molar-refractivity contribution is 5.84. The predicted molar refractivity (Wildman–Crippen MR) is 110 cm³/mol. The van der Waals surface area contributed by atoms with Gasteiger partial charge >= 0.3 is 0 Å². The summed E-state index contributed by atoms with van der Waals surface area (Å²) in [5.74, 6) is 0.390. The van der Waals surface area contributed by atoms with Crippen LogP contribution in [0.1, 0.15) is 29.7 Å². The van der Waals surface area contributed by atoms with Crippen LogP contribution in [0.15, 0.2) is 88.8 Å². The second-order valence-electron chi connectivity index (χ2n) is 6.27. The zero-order valence-electron chi connectivity index (χ0n) is 15.1. The van der Waals surface area contributed by atoms with Gasteiger partial charge in [-0.15, -0.1) is 0 Å². The summed E-state index contributed by atoms with van der Waals surface area (Å²) in [5, 5.41) is 19.9. The summed E-state index contributed by atoms with van der Waals surface area (Å²) in [6.45, 7) is 1.98. The molecule has 0 saturated heterocycles. The van der Waals surface area contributed by atoms with Crippen molar-refractivity contribution in [1.82, 2.24) is 0 Å². The van der Waals surface area contributed by atoms with Gasteiger partial charge in [0.05, 0.1) is 12.1 Å². The highest BCUT2D eigenvalue weighted by atomic mass is 16.3. The molecule has 136 valence electrons. The Morgan fingerprint density at radius 3 is 1.70 bits per heavy atom. The maximum Gasteiger partial charge on any atom is 0.124 e. The fourth-order valence-corrected chi connectivity index (χ4v) is 2.77. The molecule has 0 fully saturated rings. The van der Waals surface area contributed by atoms with Gasteiger partial charge < -0.3 is 10.2 Å². The van der Waals surface area contributed by atoms with Crippen LogP contribution in [-0.2, 0) is 0 Å². The summed E-state index contributed by atoms with van der Waals surface area (Å²) in [5.41, 5.74) is 2.36. The summed E-state index contributed by atoms with van der Waals surface area (Å²) in [7, 11) is 0. The van der Waals surface area contributed by atoms with Gasteiger partial charge in [-0.3, -0.25) is 9.98 Å². The summed E-state index contributed by atoms with van der Waals surface area (Å²) >= 11 is 0. The third kappa shape index (κ3) is 4.82. The van der Waals surface area contributed by atoms with Crippen LogP contribution in [0.4, 0.5) is 0 Å². The van der Waals surface area contributed by atoms with E-state index in [1.807, 2.05) is 61.5 Å². The standard InChI is InChI=1S/C23H22N2O2/c1-17(24-15-19-11-5-7-13-21(19)26)23(18-9-3-2-4-10-18)25-16-20-12-6-8-14-22(20)27/h2-17,23,26-27H,1H3. The van der Waals surface area contributed by atoms with E-state index in [1.54, 1.807) is 36.7 Å². The number of hydrogen-bond donors (Lipinski definition) is 2. The topological polar surface area (TPSA) is 65.2 Å². The Kier molecular flexibility index (Phi) is 6.00. The molecule has 3 rings (SSSR count). The molecule has 3 aromatic carbocycles.